The summed E-state index contributed by atoms with van der Waals surface area (Å²) >= 11 is 0. The maximum atomic E-state index is 12.5. The van der Waals surface area contributed by atoms with E-state index in [2.05, 4.69) is 19.9 Å². The van der Waals surface area contributed by atoms with Crippen molar-refractivity contribution in [2.45, 2.75) is 64.5 Å². The van der Waals surface area contributed by atoms with Crippen molar-refractivity contribution in [2.75, 3.05) is 0 Å². The fraction of sp³-hybridized carbons (Fsp3) is 0.846. The van der Waals surface area contributed by atoms with Crippen LogP contribution in [0.5, 0.6) is 0 Å². The second-order valence-electron chi connectivity index (χ2n) is 5.25. The van der Waals surface area contributed by atoms with Gasteiger partial charge in [0, 0.05) is 12.1 Å². The minimum Gasteiger partial charge on any atom is -0.336 e. The fourth-order valence-electron chi connectivity index (χ4n) is 2.99. The van der Waals surface area contributed by atoms with Gasteiger partial charge in [0.1, 0.15) is 5.41 Å². The van der Waals surface area contributed by atoms with Crippen LogP contribution in [0, 0.1) is 16.7 Å². The minimum atomic E-state index is -0.661. The van der Waals surface area contributed by atoms with Crippen molar-refractivity contribution in [3.63, 3.8) is 0 Å². The van der Waals surface area contributed by atoms with E-state index in [-0.39, 0.29) is 5.91 Å². The van der Waals surface area contributed by atoms with Gasteiger partial charge in [-0.25, -0.2) is 0 Å². The molecule has 2 aliphatic rings. The van der Waals surface area contributed by atoms with Crippen LogP contribution < -0.4 is 0 Å². The van der Waals surface area contributed by atoms with Crippen molar-refractivity contribution in [3.8, 4) is 6.07 Å². The second-order valence-corrected chi connectivity index (χ2v) is 5.25. The molecule has 1 aliphatic heterocycles. The van der Waals surface area contributed by atoms with Gasteiger partial charge in [0.05, 0.1) is 6.07 Å². The Morgan fingerprint density at radius 2 is 2.19 bits per heavy atom. The number of nitriles is 1. The smallest absolute Gasteiger partial charge is 0.243 e. The average Bonchev–Trinajstić information content (AvgIpc) is 2.58. The van der Waals surface area contributed by atoms with Crippen LogP contribution in [0.3, 0.4) is 0 Å². The highest BCUT2D eigenvalue weighted by Crippen LogP contribution is 2.44. The normalized spacial score (nSPS) is 31.9. The summed E-state index contributed by atoms with van der Waals surface area (Å²) in [7, 11) is 0. The van der Waals surface area contributed by atoms with E-state index < -0.39 is 5.41 Å². The Balaban J connectivity index is 2.17. The predicted octanol–water partition coefficient (Wildman–Crippen LogP) is 2.47. The van der Waals surface area contributed by atoms with E-state index in [0.29, 0.717) is 12.1 Å². The first kappa shape index (κ1) is 11.4. The molecular weight excluding hydrogens is 200 g/mol. The van der Waals surface area contributed by atoms with Gasteiger partial charge in [-0.15, -0.1) is 0 Å². The summed E-state index contributed by atoms with van der Waals surface area (Å²) in [5.74, 6) is 0.109. The molecule has 2 fully saturated rings. The molecule has 2 rings (SSSR count). The lowest BCUT2D eigenvalue weighted by Crippen LogP contribution is -2.51. The SMILES string of the molecule is CCC1CCC(C)N1C(=O)C1(C#N)CCC1. The molecule has 1 heterocycles. The van der Waals surface area contributed by atoms with E-state index in [9.17, 15) is 10.1 Å². The maximum absolute atomic E-state index is 12.5. The first-order chi connectivity index (χ1) is 7.64. The lowest BCUT2D eigenvalue weighted by molar-refractivity contribution is -0.145. The largest absolute Gasteiger partial charge is 0.336 e. The molecule has 88 valence electrons. The van der Waals surface area contributed by atoms with Crippen LogP contribution in [0.2, 0.25) is 0 Å². The molecule has 1 aliphatic carbocycles. The van der Waals surface area contributed by atoms with E-state index in [1.54, 1.807) is 0 Å². The van der Waals surface area contributed by atoms with Gasteiger partial charge in [-0.2, -0.15) is 5.26 Å². The zero-order valence-corrected chi connectivity index (χ0v) is 10.2. The van der Waals surface area contributed by atoms with Gasteiger partial charge in [0.25, 0.3) is 0 Å². The summed E-state index contributed by atoms with van der Waals surface area (Å²) in [4.78, 5) is 14.5. The molecule has 3 heteroatoms. The van der Waals surface area contributed by atoms with Crippen LogP contribution in [0.25, 0.3) is 0 Å². The lowest BCUT2D eigenvalue weighted by Gasteiger charge is -2.40. The van der Waals surface area contributed by atoms with Crippen LogP contribution in [0.4, 0.5) is 0 Å². The van der Waals surface area contributed by atoms with Gasteiger partial charge in [-0.1, -0.05) is 6.92 Å². The van der Waals surface area contributed by atoms with Crippen LogP contribution >= 0.6 is 0 Å². The Hall–Kier alpha value is -1.04. The molecule has 0 spiro atoms. The van der Waals surface area contributed by atoms with Gasteiger partial charge in [0.15, 0.2) is 0 Å². The van der Waals surface area contributed by atoms with E-state index in [1.165, 1.54) is 0 Å². The first-order valence-electron chi connectivity index (χ1n) is 6.38. The number of rotatable bonds is 2. The van der Waals surface area contributed by atoms with Crippen LogP contribution in [0.1, 0.15) is 52.4 Å². The molecule has 0 aromatic heterocycles. The zero-order valence-electron chi connectivity index (χ0n) is 10.2. The molecule has 2 atom stereocenters. The average molecular weight is 220 g/mol. The third kappa shape index (κ3) is 1.52. The number of hydrogen-bond donors (Lipinski definition) is 0. The zero-order chi connectivity index (χ0) is 11.8. The second kappa shape index (κ2) is 4.08. The number of carbonyl (C=O) groups is 1. The molecule has 0 bridgehead atoms. The summed E-state index contributed by atoms with van der Waals surface area (Å²) in [6, 6.07) is 2.96. The number of hydrogen-bond acceptors (Lipinski definition) is 2. The topological polar surface area (TPSA) is 44.1 Å². The van der Waals surface area contributed by atoms with Crippen molar-refractivity contribution in [2.24, 2.45) is 5.41 Å². The summed E-state index contributed by atoms with van der Waals surface area (Å²) in [6.07, 6.45) is 5.76. The van der Waals surface area contributed by atoms with E-state index >= 15 is 0 Å². The van der Waals surface area contributed by atoms with E-state index in [4.69, 9.17) is 0 Å². The van der Waals surface area contributed by atoms with Crippen molar-refractivity contribution >= 4 is 5.91 Å². The Labute approximate surface area is 97.4 Å². The Bertz CT molecular complexity index is 327. The number of nitrogens with zero attached hydrogens (tertiary/aromatic N) is 2. The summed E-state index contributed by atoms with van der Waals surface area (Å²) < 4.78 is 0. The Morgan fingerprint density at radius 3 is 2.62 bits per heavy atom. The highest BCUT2D eigenvalue weighted by Gasteiger charge is 2.50. The number of carbonyl (C=O) groups excluding carboxylic acids is 1. The van der Waals surface area contributed by atoms with Crippen LogP contribution in [-0.2, 0) is 4.79 Å². The highest BCUT2D eigenvalue weighted by atomic mass is 16.2. The molecule has 0 N–H and O–H groups in total. The molecule has 1 saturated carbocycles. The molecule has 1 saturated heterocycles. The number of amides is 1. The minimum absolute atomic E-state index is 0.109. The Morgan fingerprint density at radius 1 is 1.50 bits per heavy atom. The van der Waals surface area contributed by atoms with Crippen molar-refractivity contribution < 1.29 is 4.79 Å². The lowest BCUT2D eigenvalue weighted by atomic mass is 9.68. The molecule has 16 heavy (non-hydrogen) atoms. The van der Waals surface area contributed by atoms with Crippen LogP contribution in [0.15, 0.2) is 0 Å². The predicted molar refractivity (Wildman–Crippen MR) is 61.5 cm³/mol. The Kier molecular flexibility index (Phi) is 2.92. The van der Waals surface area contributed by atoms with Crippen molar-refractivity contribution in [1.29, 1.82) is 5.26 Å². The molecule has 0 radical (unpaired) electrons. The molecule has 0 aromatic rings. The third-order valence-electron chi connectivity index (χ3n) is 4.32. The maximum Gasteiger partial charge on any atom is 0.243 e. The molecular formula is C13H20N2O. The van der Waals surface area contributed by atoms with Crippen LogP contribution in [-0.4, -0.2) is 22.9 Å². The van der Waals surface area contributed by atoms with Gasteiger partial charge < -0.3 is 4.90 Å². The highest BCUT2D eigenvalue weighted by molar-refractivity contribution is 5.87. The van der Waals surface area contributed by atoms with Crippen molar-refractivity contribution in [3.05, 3.63) is 0 Å². The quantitative estimate of drug-likeness (QED) is 0.717. The monoisotopic (exact) mass is 220 g/mol. The van der Waals surface area contributed by atoms with E-state index in [0.717, 1.165) is 38.5 Å². The summed E-state index contributed by atoms with van der Waals surface area (Å²) in [5, 5.41) is 9.22. The van der Waals surface area contributed by atoms with Gasteiger partial charge in [0.2, 0.25) is 5.91 Å². The summed E-state index contributed by atoms with van der Waals surface area (Å²) in [6.45, 7) is 4.24. The molecule has 0 aromatic carbocycles. The van der Waals surface area contributed by atoms with Gasteiger partial charge in [-0.05, 0) is 45.4 Å². The van der Waals surface area contributed by atoms with E-state index in [1.807, 2.05) is 4.90 Å². The molecule has 1 amide bonds. The third-order valence-corrected chi connectivity index (χ3v) is 4.32. The summed E-state index contributed by atoms with van der Waals surface area (Å²) in [5.41, 5.74) is -0.661. The molecule has 2 unspecified atom stereocenters. The van der Waals surface area contributed by atoms with Gasteiger partial charge >= 0.3 is 0 Å². The standard InChI is InChI=1S/C13H20N2O/c1-3-11-6-5-10(2)15(11)12(16)13(9-14)7-4-8-13/h10-11H,3-8H2,1-2H3. The fourth-order valence-corrected chi connectivity index (χ4v) is 2.99. The van der Waals surface area contributed by atoms with Gasteiger partial charge in [-0.3, -0.25) is 4.79 Å². The number of likely N-dealkylation sites (tertiary alicyclic amines) is 1. The van der Waals surface area contributed by atoms with Crippen molar-refractivity contribution in [1.82, 2.24) is 4.90 Å². The molecule has 3 nitrogen and oxygen atoms in total. The first-order valence-corrected chi connectivity index (χ1v) is 6.38.